The minimum Gasteiger partial charge on any atom is -0.267 e. The monoisotopic (exact) mass is 337 g/mol. The first kappa shape index (κ1) is 15.9. The van der Waals surface area contributed by atoms with Crippen LogP contribution in [-0.2, 0) is 0 Å². The van der Waals surface area contributed by atoms with Crippen molar-refractivity contribution in [1.29, 1.82) is 0 Å². The number of hydrogen-bond donors (Lipinski definition) is 1. The zero-order valence-corrected chi connectivity index (χ0v) is 12.5. The molecule has 0 atom stereocenters. The fraction of sp³-hybridized carbons (Fsp3) is 0. The van der Waals surface area contributed by atoms with E-state index in [1.165, 1.54) is 18.3 Å². The van der Waals surface area contributed by atoms with Crippen LogP contribution in [0.25, 0.3) is 0 Å². The summed E-state index contributed by atoms with van der Waals surface area (Å²) in [5.41, 5.74) is 2.77. The molecule has 0 aliphatic carbocycles. The topological polar surface area (TPSA) is 84.6 Å². The lowest BCUT2D eigenvalue weighted by Crippen LogP contribution is -2.17. The maximum Gasteiger partial charge on any atom is 0.288 e. The van der Waals surface area contributed by atoms with E-state index in [2.05, 4.69) is 10.5 Å². The normalized spacial score (nSPS) is 10.6. The van der Waals surface area contributed by atoms with Crippen LogP contribution in [0, 0.1) is 10.1 Å². The van der Waals surface area contributed by atoms with Crippen LogP contribution in [0.5, 0.6) is 0 Å². The first-order valence-corrected chi connectivity index (χ1v) is 6.76. The highest BCUT2D eigenvalue weighted by molar-refractivity contribution is 6.33. The van der Waals surface area contributed by atoms with E-state index in [0.29, 0.717) is 10.6 Å². The lowest BCUT2D eigenvalue weighted by molar-refractivity contribution is -0.384. The van der Waals surface area contributed by atoms with Gasteiger partial charge in [-0.1, -0.05) is 41.4 Å². The summed E-state index contributed by atoms with van der Waals surface area (Å²) in [6, 6.07) is 10.7. The first-order chi connectivity index (χ1) is 10.5. The summed E-state index contributed by atoms with van der Waals surface area (Å²) in [7, 11) is 0. The number of hydrogen-bond acceptors (Lipinski definition) is 4. The number of benzene rings is 2. The van der Waals surface area contributed by atoms with Crippen LogP contribution in [0.1, 0.15) is 15.9 Å². The Hall–Kier alpha value is -2.44. The van der Waals surface area contributed by atoms with Gasteiger partial charge in [0, 0.05) is 11.6 Å². The van der Waals surface area contributed by atoms with Crippen molar-refractivity contribution in [2.75, 3.05) is 0 Å². The summed E-state index contributed by atoms with van der Waals surface area (Å²) in [6.45, 7) is 0. The maximum atomic E-state index is 11.8. The summed E-state index contributed by atoms with van der Waals surface area (Å²) >= 11 is 11.6. The van der Waals surface area contributed by atoms with Crippen molar-refractivity contribution in [2.24, 2.45) is 5.10 Å². The summed E-state index contributed by atoms with van der Waals surface area (Å²) in [5, 5.41) is 14.8. The fourth-order valence-corrected chi connectivity index (χ4v) is 2.03. The third kappa shape index (κ3) is 3.81. The van der Waals surface area contributed by atoms with Crippen molar-refractivity contribution < 1.29 is 9.72 Å². The van der Waals surface area contributed by atoms with E-state index in [-0.39, 0.29) is 16.3 Å². The highest BCUT2D eigenvalue weighted by atomic mass is 35.5. The summed E-state index contributed by atoms with van der Waals surface area (Å²) < 4.78 is 0. The average Bonchev–Trinajstić information content (AvgIpc) is 2.49. The van der Waals surface area contributed by atoms with Gasteiger partial charge in [-0.3, -0.25) is 14.9 Å². The predicted molar refractivity (Wildman–Crippen MR) is 84.6 cm³/mol. The van der Waals surface area contributed by atoms with Gasteiger partial charge in [-0.15, -0.1) is 0 Å². The van der Waals surface area contributed by atoms with Gasteiger partial charge in [0.25, 0.3) is 11.6 Å². The van der Waals surface area contributed by atoms with Crippen molar-refractivity contribution >= 4 is 41.0 Å². The molecule has 0 radical (unpaired) electrons. The lowest BCUT2D eigenvalue weighted by Gasteiger charge is -2.01. The predicted octanol–water partition coefficient (Wildman–Crippen LogP) is 3.67. The smallest absolute Gasteiger partial charge is 0.267 e. The van der Waals surface area contributed by atoms with E-state index in [1.807, 2.05) is 0 Å². The molecule has 2 rings (SSSR count). The van der Waals surface area contributed by atoms with Gasteiger partial charge in [-0.05, 0) is 18.2 Å². The standard InChI is InChI=1S/C14H9Cl2N3O3/c15-11-4-2-1-3-10(11)14(20)18-17-8-9-5-6-12(16)13(7-9)19(21)22/h1-8H,(H,18,20)/b17-8-. The Morgan fingerprint density at radius 1 is 1.18 bits per heavy atom. The molecule has 0 bridgehead atoms. The van der Waals surface area contributed by atoms with Crippen molar-refractivity contribution in [3.8, 4) is 0 Å². The van der Waals surface area contributed by atoms with Gasteiger partial charge >= 0.3 is 0 Å². The van der Waals surface area contributed by atoms with Gasteiger partial charge in [-0.2, -0.15) is 5.10 Å². The molecule has 0 aliphatic heterocycles. The number of carbonyl (C=O) groups is 1. The molecule has 0 unspecified atom stereocenters. The summed E-state index contributed by atoms with van der Waals surface area (Å²) in [5.74, 6) is -0.481. The summed E-state index contributed by atoms with van der Waals surface area (Å²) in [6.07, 6.45) is 1.28. The third-order valence-electron chi connectivity index (χ3n) is 2.67. The maximum absolute atomic E-state index is 11.8. The Morgan fingerprint density at radius 2 is 1.91 bits per heavy atom. The SMILES string of the molecule is O=C(N/N=C\c1ccc(Cl)c([N+](=O)[O-])c1)c1ccccc1Cl. The van der Waals surface area contributed by atoms with Crippen molar-refractivity contribution in [3.05, 3.63) is 73.8 Å². The second-order valence-electron chi connectivity index (χ2n) is 4.15. The molecule has 112 valence electrons. The number of nitro groups is 1. The lowest BCUT2D eigenvalue weighted by atomic mass is 10.2. The highest BCUT2D eigenvalue weighted by Crippen LogP contribution is 2.24. The van der Waals surface area contributed by atoms with Gasteiger partial charge in [0.1, 0.15) is 5.02 Å². The average molecular weight is 338 g/mol. The fourth-order valence-electron chi connectivity index (χ4n) is 1.62. The van der Waals surface area contributed by atoms with Crippen LogP contribution < -0.4 is 5.43 Å². The van der Waals surface area contributed by atoms with Gasteiger partial charge < -0.3 is 0 Å². The Balaban J connectivity index is 2.10. The van der Waals surface area contributed by atoms with Crippen molar-refractivity contribution in [2.45, 2.75) is 0 Å². The van der Waals surface area contributed by atoms with E-state index in [9.17, 15) is 14.9 Å². The molecule has 6 nitrogen and oxygen atoms in total. The third-order valence-corrected chi connectivity index (χ3v) is 3.31. The van der Waals surface area contributed by atoms with Crippen LogP contribution >= 0.6 is 23.2 Å². The second-order valence-corrected chi connectivity index (χ2v) is 4.96. The van der Waals surface area contributed by atoms with Gasteiger partial charge in [0.05, 0.1) is 21.7 Å². The van der Waals surface area contributed by atoms with Crippen LogP contribution in [0.3, 0.4) is 0 Å². The van der Waals surface area contributed by atoms with E-state index in [4.69, 9.17) is 23.2 Å². The minimum absolute atomic E-state index is 0.0299. The number of amides is 1. The van der Waals surface area contributed by atoms with Crippen LogP contribution in [0.4, 0.5) is 5.69 Å². The molecule has 22 heavy (non-hydrogen) atoms. The van der Waals surface area contributed by atoms with Gasteiger partial charge in [0.15, 0.2) is 0 Å². The number of nitro benzene ring substituents is 1. The van der Waals surface area contributed by atoms with Crippen molar-refractivity contribution in [1.82, 2.24) is 5.43 Å². The van der Waals surface area contributed by atoms with Gasteiger partial charge in [0.2, 0.25) is 0 Å². The molecule has 1 amide bonds. The Kier molecular flexibility index (Phi) is 5.08. The van der Waals surface area contributed by atoms with Gasteiger partial charge in [-0.25, -0.2) is 5.43 Å². The number of halogens is 2. The molecule has 0 fully saturated rings. The number of carbonyl (C=O) groups excluding carboxylic acids is 1. The molecule has 0 saturated heterocycles. The molecule has 0 aliphatic rings. The molecular formula is C14H9Cl2N3O3. The number of rotatable bonds is 4. The number of nitrogens with one attached hydrogen (secondary N) is 1. The zero-order chi connectivity index (χ0) is 16.1. The molecule has 0 heterocycles. The number of nitrogens with zero attached hydrogens (tertiary/aromatic N) is 2. The molecule has 8 heteroatoms. The van der Waals surface area contributed by atoms with E-state index in [0.717, 1.165) is 0 Å². The molecule has 0 spiro atoms. The molecule has 0 aromatic heterocycles. The Bertz CT molecular complexity index is 763. The highest BCUT2D eigenvalue weighted by Gasteiger charge is 2.12. The molecular weight excluding hydrogens is 329 g/mol. The largest absolute Gasteiger partial charge is 0.288 e. The van der Waals surface area contributed by atoms with Crippen LogP contribution in [0.15, 0.2) is 47.6 Å². The molecule has 2 aromatic rings. The quantitative estimate of drug-likeness (QED) is 0.524. The second kappa shape index (κ2) is 7.02. The Morgan fingerprint density at radius 3 is 2.59 bits per heavy atom. The molecule has 0 saturated carbocycles. The van der Waals surface area contributed by atoms with E-state index >= 15 is 0 Å². The van der Waals surface area contributed by atoms with E-state index in [1.54, 1.807) is 30.3 Å². The molecule has 2 aromatic carbocycles. The van der Waals surface area contributed by atoms with Crippen LogP contribution in [0.2, 0.25) is 10.0 Å². The van der Waals surface area contributed by atoms with Crippen molar-refractivity contribution in [3.63, 3.8) is 0 Å². The summed E-state index contributed by atoms with van der Waals surface area (Å²) in [4.78, 5) is 22.0. The zero-order valence-electron chi connectivity index (χ0n) is 11.0. The van der Waals surface area contributed by atoms with Crippen LogP contribution in [-0.4, -0.2) is 17.0 Å². The number of hydrazone groups is 1. The Labute approximate surface area is 135 Å². The first-order valence-electron chi connectivity index (χ1n) is 6.01. The minimum atomic E-state index is -0.595. The van der Waals surface area contributed by atoms with E-state index < -0.39 is 10.8 Å². The molecule has 1 N–H and O–H groups in total.